The first-order valence-electron chi connectivity index (χ1n) is 9.47. The molecule has 0 spiro atoms. The molecule has 0 fully saturated rings. The Morgan fingerprint density at radius 3 is 2.43 bits per heavy atom. The molecule has 0 bridgehead atoms. The largest absolute Gasteiger partial charge is 0.0654 e. The highest BCUT2D eigenvalue weighted by atomic mass is 14.2. The molecule has 1 atom stereocenters. The van der Waals surface area contributed by atoms with Crippen molar-refractivity contribution in [3.63, 3.8) is 0 Å². The van der Waals surface area contributed by atoms with Crippen molar-refractivity contribution in [3.8, 4) is 11.1 Å². The number of fused-ring (bicyclic) bond motifs is 1. The summed E-state index contributed by atoms with van der Waals surface area (Å²) in [6, 6.07) is 16.4. The number of aryl methyl sites for hydroxylation is 2. The molecule has 0 aromatic heterocycles. The van der Waals surface area contributed by atoms with Crippen LogP contribution in [0.4, 0.5) is 0 Å². The summed E-state index contributed by atoms with van der Waals surface area (Å²) in [5.74, 6) is 0.848. The summed E-state index contributed by atoms with van der Waals surface area (Å²) in [5, 5.41) is 0. The van der Waals surface area contributed by atoms with E-state index in [4.69, 9.17) is 0 Å². The van der Waals surface area contributed by atoms with E-state index >= 15 is 0 Å². The van der Waals surface area contributed by atoms with Gasteiger partial charge in [0.15, 0.2) is 0 Å². The number of unbranched alkanes of at least 4 members (excludes halogenated alkanes) is 3. The molecule has 122 valence electrons. The average molecular weight is 306 g/mol. The van der Waals surface area contributed by atoms with Crippen molar-refractivity contribution in [2.24, 2.45) is 5.92 Å². The van der Waals surface area contributed by atoms with Crippen LogP contribution in [0, 0.1) is 5.92 Å². The van der Waals surface area contributed by atoms with Crippen molar-refractivity contribution < 1.29 is 0 Å². The van der Waals surface area contributed by atoms with Gasteiger partial charge in [-0.15, -0.1) is 0 Å². The molecule has 0 heteroatoms. The summed E-state index contributed by atoms with van der Waals surface area (Å²) < 4.78 is 0. The maximum absolute atomic E-state index is 2.43. The van der Waals surface area contributed by atoms with Crippen LogP contribution < -0.4 is 0 Å². The Balaban J connectivity index is 1.67. The van der Waals surface area contributed by atoms with E-state index in [2.05, 4.69) is 56.3 Å². The Morgan fingerprint density at radius 2 is 1.65 bits per heavy atom. The summed E-state index contributed by atoms with van der Waals surface area (Å²) in [7, 11) is 0. The van der Waals surface area contributed by atoms with Crippen LogP contribution in [0.15, 0.2) is 42.5 Å². The first kappa shape index (κ1) is 16.3. The number of rotatable bonds is 6. The smallest absolute Gasteiger partial charge is 0.0181 e. The van der Waals surface area contributed by atoms with E-state index in [-0.39, 0.29) is 0 Å². The van der Waals surface area contributed by atoms with E-state index < -0.39 is 0 Å². The highest BCUT2D eigenvalue weighted by molar-refractivity contribution is 5.65. The molecule has 0 N–H and O–H groups in total. The summed E-state index contributed by atoms with van der Waals surface area (Å²) in [6.07, 6.45) is 10.4. The summed E-state index contributed by atoms with van der Waals surface area (Å²) >= 11 is 0. The van der Waals surface area contributed by atoms with E-state index in [9.17, 15) is 0 Å². The lowest BCUT2D eigenvalue weighted by Crippen LogP contribution is -2.11. The molecule has 0 nitrogen and oxygen atoms in total. The van der Waals surface area contributed by atoms with Crippen LogP contribution in [0.5, 0.6) is 0 Å². The SMILES string of the molecule is CCCCCCc1ccc(-c2ccc3c(c2)CCC(C)C3)cc1. The molecular weight excluding hydrogens is 276 g/mol. The third-order valence-electron chi connectivity index (χ3n) is 5.29. The van der Waals surface area contributed by atoms with Crippen LogP contribution in [0.2, 0.25) is 0 Å². The third-order valence-corrected chi connectivity index (χ3v) is 5.29. The maximum Gasteiger partial charge on any atom is -0.0181 e. The summed E-state index contributed by atoms with van der Waals surface area (Å²) in [4.78, 5) is 0. The van der Waals surface area contributed by atoms with Gasteiger partial charge in [-0.1, -0.05) is 75.6 Å². The quantitative estimate of drug-likeness (QED) is 0.527. The van der Waals surface area contributed by atoms with Gasteiger partial charge in [0.05, 0.1) is 0 Å². The van der Waals surface area contributed by atoms with Crippen molar-refractivity contribution >= 4 is 0 Å². The average Bonchev–Trinajstić information content (AvgIpc) is 2.59. The minimum absolute atomic E-state index is 0.848. The van der Waals surface area contributed by atoms with Gasteiger partial charge in [-0.3, -0.25) is 0 Å². The van der Waals surface area contributed by atoms with Crippen LogP contribution in [0.1, 0.15) is 62.6 Å². The molecule has 0 saturated heterocycles. The lowest BCUT2D eigenvalue weighted by molar-refractivity contribution is 0.501. The molecule has 23 heavy (non-hydrogen) atoms. The standard InChI is InChI=1S/C23H30/c1-3-4-5-6-7-19-9-12-20(13-10-19)22-15-14-21-16-18(2)8-11-23(21)17-22/h9-10,12-15,17-18H,3-8,11,16H2,1-2H3. The second kappa shape index (κ2) is 7.81. The lowest BCUT2D eigenvalue weighted by Gasteiger charge is -2.22. The van der Waals surface area contributed by atoms with Gasteiger partial charge in [0.1, 0.15) is 0 Å². The third kappa shape index (κ3) is 4.25. The molecule has 0 saturated carbocycles. The Morgan fingerprint density at radius 1 is 0.870 bits per heavy atom. The normalized spacial score (nSPS) is 17.0. The molecule has 0 heterocycles. The van der Waals surface area contributed by atoms with E-state index in [0.29, 0.717) is 0 Å². The zero-order chi connectivity index (χ0) is 16.1. The molecule has 1 aliphatic carbocycles. The second-order valence-corrected chi connectivity index (χ2v) is 7.34. The van der Waals surface area contributed by atoms with Gasteiger partial charge >= 0.3 is 0 Å². The van der Waals surface area contributed by atoms with E-state index in [0.717, 1.165) is 5.92 Å². The predicted molar refractivity (Wildman–Crippen MR) is 101 cm³/mol. The van der Waals surface area contributed by atoms with Gasteiger partial charge in [0.25, 0.3) is 0 Å². The van der Waals surface area contributed by atoms with Crippen molar-refractivity contribution in [2.45, 2.75) is 65.2 Å². The summed E-state index contributed by atoms with van der Waals surface area (Å²) in [5.41, 5.74) is 7.38. The molecular formula is C23H30. The first-order valence-corrected chi connectivity index (χ1v) is 9.47. The minimum atomic E-state index is 0.848. The lowest BCUT2D eigenvalue weighted by atomic mass is 9.83. The van der Waals surface area contributed by atoms with Crippen LogP contribution >= 0.6 is 0 Å². The number of benzene rings is 2. The highest BCUT2D eigenvalue weighted by Crippen LogP contribution is 2.29. The van der Waals surface area contributed by atoms with Crippen LogP contribution in [0.25, 0.3) is 11.1 Å². The van der Waals surface area contributed by atoms with E-state index in [1.807, 2.05) is 0 Å². The fourth-order valence-electron chi connectivity index (χ4n) is 3.74. The first-order chi connectivity index (χ1) is 11.3. The Bertz CT molecular complexity index is 621. The van der Waals surface area contributed by atoms with Crippen LogP contribution in [-0.2, 0) is 19.3 Å². The van der Waals surface area contributed by atoms with Crippen LogP contribution in [0.3, 0.4) is 0 Å². The van der Waals surface area contributed by atoms with E-state index in [1.165, 1.54) is 68.1 Å². The fraction of sp³-hybridized carbons (Fsp3) is 0.478. The fourth-order valence-corrected chi connectivity index (χ4v) is 3.74. The highest BCUT2D eigenvalue weighted by Gasteiger charge is 2.15. The topological polar surface area (TPSA) is 0 Å². The number of hydrogen-bond donors (Lipinski definition) is 0. The van der Waals surface area contributed by atoms with Crippen molar-refractivity contribution in [1.82, 2.24) is 0 Å². The van der Waals surface area contributed by atoms with Crippen molar-refractivity contribution in [2.75, 3.05) is 0 Å². The Hall–Kier alpha value is -1.56. The molecule has 1 aliphatic rings. The predicted octanol–water partition coefficient (Wildman–Crippen LogP) is 6.60. The van der Waals surface area contributed by atoms with Gasteiger partial charge in [0, 0.05) is 0 Å². The molecule has 2 aromatic rings. The van der Waals surface area contributed by atoms with Crippen LogP contribution in [-0.4, -0.2) is 0 Å². The van der Waals surface area contributed by atoms with Crippen molar-refractivity contribution in [3.05, 3.63) is 59.2 Å². The summed E-state index contributed by atoms with van der Waals surface area (Å²) in [6.45, 7) is 4.64. The second-order valence-electron chi connectivity index (χ2n) is 7.34. The zero-order valence-electron chi connectivity index (χ0n) is 14.8. The number of hydrogen-bond acceptors (Lipinski definition) is 0. The molecule has 0 radical (unpaired) electrons. The maximum atomic E-state index is 2.43. The monoisotopic (exact) mass is 306 g/mol. The van der Waals surface area contributed by atoms with Gasteiger partial charge < -0.3 is 0 Å². The van der Waals surface area contributed by atoms with Gasteiger partial charge in [-0.25, -0.2) is 0 Å². The van der Waals surface area contributed by atoms with Crippen molar-refractivity contribution in [1.29, 1.82) is 0 Å². The minimum Gasteiger partial charge on any atom is -0.0654 e. The van der Waals surface area contributed by atoms with Gasteiger partial charge in [0.2, 0.25) is 0 Å². The van der Waals surface area contributed by atoms with E-state index in [1.54, 1.807) is 11.1 Å². The van der Waals surface area contributed by atoms with Gasteiger partial charge in [-0.2, -0.15) is 0 Å². The Labute approximate surface area is 141 Å². The zero-order valence-corrected chi connectivity index (χ0v) is 14.8. The molecule has 3 rings (SSSR count). The molecule has 0 aliphatic heterocycles. The Kier molecular flexibility index (Phi) is 5.54. The van der Waals surface area contributed by atoms with Gasteiger partial charge in [-0.05, 0) is 65.8 Å². The molecule has 0 amide bonds. The molecule has 1 unspecified atom stereocenters. The molecule has 2 aromatic carbocycles.